The average Bonchev–Trinajstić information content (AvgIpc) is 2.55. The Hall–Kier alpha value is -0.910. The van der Waals surface area contributed by atoms with E-state index >= 15 is 0 Å². The van der Waals surface area contributed by atoms with Gasteiger partial charge in [0.1, 0.15) is 0 Å². The van der Waals surface area contributed by atoms with Gasteiger partial charge in [-0.2, -0.15) is 0 Å². The van der Waals surface area contributed by atoms with Crippen molar-refractivity contribution >= 4 is 19.5 Å². The standard InChI is InChI=1S/C10H19N2O5P/c1-4-7-12-9(8(13)11-10(12)14)18(15,16-5-2)17-6-3/h9H,4-7H2,1-3H3,(H,11,13,14). The van der Waals surface area contributed by atoms with Crippen molar-refractivity contribution < 1.29 is 23.2 Å². The molecule has 8 heteroatoms. The largest absolute Gasteiger partial charge is 0.362 e. The Labute approximate surface area is 106 Å². The van der Waals surface area contributed by atoms with Crippen LogP contribution in [-0.4, -0.2) is 42.4 Å². The Morgan fingerprint density at radius 2 is 1.78 bits per heavy atom. The molecule has 7 nitrogen and oxygen atoms in total. The van der Waals surface area contributed by atoms with Gasteiger partial charge in [0.2, 0.25) is 5.78 Å². The van der Waals surface area contributed by atoms with E-state index in [1.165, 1.54) is 4.90 Å². The van der Waals surface area contributed by atoms with Crippen LogP contribution in [0.5, 0.6) is 0 Å². The topological polar surface area (TPSA) is 84.9 Å². The fraction of sp³-hybridized carbons (Fsp3) is 0.800. The first-order valence-corrected chi connectivity index (χ1v) is 7.61. The second-order valence-electron chi connectivity index (χ2n) is 3.74. The highest BCUT2D eigenvalue weighted by atomic mass is 31.2. The highest BCUT2D eigenvalue weighted by Crippen LogP contribution is 2.55. The van der Waals surface area contributed by atoms with E-state index in [4.69, 9.17) is 9.05 Å². The third kappa shape index (κ3) is 2.91. The van der Waals surface area contributed by atoms with E-state index < -0.39 is 25.3 Å². The lowest BCUT2D eigenvalue weighted by atomic mass is 10.4. The van der Waals surface area contributed by atoms with Crippen LogP contribution in [0.4, 0.5) is 4.79 Å². The Balaban J connectivity index is 3.03. The molecule has 0 aromatic heterocycles. The van der Waals surface area contributed by atoms with Crippen molar-refractivity contribution in [2.75, 3.05) is 19.8 Å². The van der Waals surface area contributed by atoms with Crippen molar-refractivity contribution in [3.63, 3.8) is 0 Å². The first-order valence-electron chi connectivity index (χ1n) is 6.00. The molecule has 0 spiro atoms. The van der Waals surface area contributed by atoms with Gasteiger partial charge in [-0.25, -0.2) is 4.79 Å². The number of urea groups is 1. The lowest BCUT2D eigenvalue weighted by Gasteiger charge is -2.27. The van der Waals surface area contributed by atoms with E-state index in [0.717, 1.165) is 0 Å². The van der Waals surface area contributed by atoms with E-state index in [-0.39, 0.29) is 13.2 Å². The van der Waals surface area contributed by atoms with Crippen molar-refractivity contribution in [2.45, 2.75) is 33.0 Å². The normalized spacial score (nSPS) is 20.4. The van der Waals surface area contributed by atoms with Gasteiger partial charge in [0, 0.05) is 6.54 Å². The molecule has 0 aromatic carbocycles. The Morgan fingerprint density at radius 3 is 2.22 bits per heavy atom. The van der Waals surface area contributed by atoms with E-state index in [9.17, 15) is 14.2 Å². The van der Waals surface area contributed by atoms with Crippen LogP contribution in [0.3, 0.4) is 0 Å². The fourth-order valence-electron chi connectivity index (χ4n) is 1.81. The van der Waals surface area contributed by atoms with Gasteiger partial charge < -0.3 is 13.9 Å². The molecule has 0 aromatic rings. The molecule has 0 aliphatic carbocycles. The summed E-state index contributed by atoms with van der Waals surface area (Å²) in [4.78, 5) is 24.6. The molecule has 1 N–H and O–H groups in total. The lowest BCUT2D eigenvalue weighted by molar-refractivity contribution is -0.119. The molecule has 0 radical (unpaired) electrons. The predicted molar refractivity (Wildman–Crippen MR) is 65.2 cm³/mol. The highest BCUT2D eigenvalue weighted by Gasteiger charge is 2.51. The number of carbonyl (C=O) groups excluding carboxylic acids is 2. The summed E-state index contributed by atoms with van der Waals surface area (Å²) in [5.74, 6) is -1.80. The molecule has 104 valence electrons. The van der Waals surface area contributed by atoms with Gasteiger partial charge >= 0.3 is 13.6 Å². The molecule has 1 unspecified atom stereocenters. The zero-order chi connectivity index (χ0) is 13.8. The van der Waals surface area contributed by atoms with Crippen LogP contribution in [0, 0.1) is 0 Å². The van der Waals surface area contributed by atoms with E-state index in [0.29, 0.717) is 13.0 Å². The number of amides is 3. The summed E-state index contributed by atoms with van der Waals surface area (Å²) in [5, 5.41) is 2.14. The molecule has 3 amide bonds. The van der Waals surface area contributed by atoms with Crippen LogP contribution >= 0.6 is 7.60 Å². The van der Waals surface area contributed by atoms with Gasteiger partial charge in [0.15, 0.2) is 0 Å². The predicted octanol–water partition coefficient (Wildman–Crippen LogP) is 1.54. The molecule has 1 heterocycles. The molecule has 1 saturated heterocycles. The number of imide groups is 1. The Morgan fingerprint density at radius 1 is 1.22 bits per heavy atom. The summed E-state index contributed by atoms with van der Waals surface area (Å²) < 4.78 is 22.8. The molecule has 0 bridgehead atoms. The summed E-state index contributed by atoms with van der Waals surface area (Å²) >= 11 is 0. The third-order valence-corrected chi connectivity index (χ3v) is 4.75. The SMILES string of the molecule is CCCN1C(=O)NC(=O)C1P(=O)(OCC)OCC. The van der Waals surface area contributed by atoms with Crippen LogP contribution in [0.1, 0.15) is 27.2 Å². The van der Waals surface area contributed by atoms with Gasteiger partial charge in [-0.3, -0.25) is 14.7 Å². The van der Waals surface area contributed by atoms with Crippen molar-refractivity contribution in [3.8, 4) is 0 Å². The van der Waals surface area contributed by atoms with Gasteiger partial charge in [-0.05, 0) is 20.3 Å². The van der Waals surface area contributed by atoms with E-state index in [2.05, 4.69) is 5.32 Å². The summed E-state index contributed by atoms with van der Waals surface area (Å²) in [6, 6.07) is -0.550. The van der Waals surface area contributed by atoms with Gasteiger partial charge in [-0.1, -0.05) is 6.92 Å². The highest BCUT2D eigenvalue weighted by molar-refractivity contribution is 7.55. The van der Waals surface area contributed by atoms with Gasteiger partial charge in [0.05, 0.1) is 13.2 Å². The minimum atomic E-state index is -3.65. The number of hydrogen-bond donors (Lipinski definition) is 1. The van der Waals surface area contributed by atoms with Crippen LogP contribution in [0.15, 0.2) is 0 Å². The molecular weight excluding hydrogens is 259 g/mol. The summed E-state index contributed by atoms with van der Waals surface area (Å²) in [6.07, 6.45) is 0.648. The number of hydrogen-bond acceptors (Lipinski definition) is 5. The maximum atomic E-state index is 12.6. The van der Waals surface area contributed by atoms with Gasteiger partial charge in [0.25, 0.3) is 5.91 Å². The number of nitrogens with one attached hydrogen (secondary N) is 1. The zero-order valence-corrected chi connectivity index (χ0v) is 11.7. The maximum absolute atomic E-state index is 12.6. The second kappa shape index (κ2) is 6.31. The molecule has 1 rings (SSSR count). The zero-order valence-electron chi connectivity index (χ0n) is 10.8. The van der Waals surface area contributed by atoms with Crippen molar-refractivity contribution in [1.29, 1.82) is 0 Å². The van der Waals surface area contributed by atoms with E-state index in [1.807, 2.05) is 6.92 Å². The molecule has 0 saturated carbocycles. The minimum Gasteiger partial charge on any atom is -0.307 e. The average molecular weight is 278 g/mol. The Kier molecular flexibility index (Phi) is 5.31. The molecule has 1 aliphatic rings. The third-order valence-electron chi connectivity index (χ3n) is 2.40. The quantitative estimate of drug-likeness (QED) is 0.564. The fourth-order valence-corrected chi connectivity index (χ4v) is 3.80. The summed E-state index contributed by atoms with van der Waals surface area (Å²) in [6.45, 7) is 5.80. The van der Waals surface area contributed by atoms with Crippen molar-refractivity contribution in [1.82, 2.24) is 10.2 Å². The van der Waals surface area contributed by atoms with Crippen molar-refractivity contribution in [3.05, 3.63) is 0 Å². The van der Waals surface area contributed by atoms with Crippen LogP contribution in [0.25, 0.3) is 0 Å². The molecule has 1 atom stereocenters. The minimum absolute atomic E-state index is 0.148. The van der Waals surface area contributed by atoms with Crippen LogP contribution < -0.4 is 5.32 Å². The molecule has 1 fully saturated rings. The Bertz CT molecular complexity index is 363. The lowest BCUT2D eigenvalue weighted by Crippen LogP contribution is -2.36. The van der Waals surface area contributed by atoms with E-state index in [1.54, 1.807) is 13.8 Å². The van der Waals surface area contributed by atoms with Crippen LogP contribution in [0.2, 0.25) is 0 Å². The number of nitrogens with zero attached hydrogens (tertiary/aromatic N) is 1. The maximum Gasteiger partial charge on any atom is 0.362 e. The smallest absolute Gasteiger partial charge is 0.307 e. The summed E-state index contributed by atoms with van der Waals surface area (Å²) in [7, 11) is -3.65. The molecule has 18 heavy (non-hydrogen) atoms. The first kappa shape index (κ1) is 15.1. The number of carbonyl (C=O) groups is 2. The monoisotopic (exact) mass is 278 g/mol. The van der Waals surface area contributed by atoms with Crippen LogP contribution in [-0.2, 0) is 18.4 Å². The first-order chi connectivity index (χ1) is 8.50. The van der Waals surface area contributed by atoms with Crippen molar-refractivity contribution in [2.24, 2.45) is 0 Å². The molecular formula is C10H19N2O5P. The number of rotatable bonds is 7. The second-order valence-corrected chi connectivity index (χ2v) is 5.82. The molecule has 1 aliphatic heterocycles. The van der Waals surface area contributed by atoms with Gasteiger partial charge in [-0.15, -0.1) is 0 Å². The summed E-state index contributed by atoms with van der Waals surface area (Å²) in [5.41, 5.74) is 0.